The molecule has 1 unspecified atom stereocenters. The molecular formula is C17H24N2OS. The molecule has 0 saturated carbocycles. The molecule has 0 spiro atoms. The van der Waals surface area contributed by atoms with Crippen LogP contribution in [0.5, 0.6) is 5.75 Å². The van der Waals surface area contributed by atoms with Crippen molar-refractivity contribution in [2.45, 2.75) is 46.2 Å². The Balaban J connectivity index is 1.80. The second kappa shape index (κ2) is 8.15. The normalized spacial score (nSPS) is 12.3. The van der Waals surface area contributed by atoms with Crippen LogP contribution in [0.3, 0.4) is 0 Å². The van der Waals surface area contributed by atoms with E-state index in [1.165, 1.54) is 10.4 Å². The van der Waals surface area contributed by atoms with Gasteiger partial charge in [0.1, 0.15) is 10.8 Å². The van der Waals surface area contributed by atoms with Crippen LogP contribution < -0.4 is 10.1 Å². The average molecular weight is 304 g/mol. The van der Waals surface area contributed by atoms with E-state index >= 15 is 0 Å². The Morgan fingerprint density at radius 1 is 1.29 bits per heavy atom. The van der Waals surface area contributed by atoms with Crippen molar-refractivity contribution in [2.24, 2.45) is 0 Å². The Bertz CT molecular complexity index is 536. The smallest absolute Gasteiger partial charge is 0.119 e. The molecule has 0 amide bonds. The summed E-state index contributed by atoms with van der Waals surface area (Å²) in [6.45, 7) is 8.05. The largest absolute Gasteiger partial charge is 0.494 e. The Labute approximate surface area is 131 Å². The number of aryl methyl sites for hydroxylation is 1. The van der Waals surface area contributed by atoms with E-state index in [0.717, 1.165) is 36.8 Å². The molecular weight excluding hydrogens is 280 g/mol. The van der Waals surface area contributed by atoms with E-state index in [-0.39, 0.29) is 6.04 Å². The van der Waals surface area contributed by atoms with Gasteiger partial charge in [-0.1, -0.05) is 25.5 Å². The molecule has 3 nitrogen and oxygen atoms in total. The SMILES string of the molecule is CCCCOc1ccc(CNC(C)c2ncc(C)s2)cc1. The van der Waals surface area contributed by atoms with E-state index in [1.54, 1.807) is 11.3 Å². The predicted molar refractivity (Wildman–Crippen MR) is 89.0 cm³/mol. The van der Waals surface area contributed by atoms with Gasteiger partial charge in [-0.25, -0.2) is 4.98 Å². The monoisotopic (exact) mass is 304 g/mol. The van der Waals surface area contributed by atoms with Crippen molar-refractivity contribution in [3.05, 3.63) is 45.9 Å². The number of thiazole rings is 1. The molecule has 0 aliphatic rings. The standard InChI is InChI=1S/C17H24N2OS/c1-4-5-10-20-16-8-6-15(7-9-16)12-18-14(3)17-19-11-13(2)21-17/h6-9,11,14,18H,4-5,10,12H2,1-3H3. The molecule has 114 valence electrons. The van der Waals surface area contributed by atoms with Crippen LogP contribution in [0.1, 0.15) is 48.2 Å². The highest BCUT2D eigenvalue weighted by Gasteiger charge is 2.08. The van der Waals surface area contributed by atoms with Gasteiger partial charge in [-0.2, -0.15) is 0 Å². The number of benzene rings is 1. The summed E-state index contributed by atoms with van der Waals surface area (Å²) in [5.41, 5.74) is 1.26. The molecule has 4 heteroatoms. The van der Waals surface area contributed by atoms with E-state index in [2.05, 4.69) is 43.2 Å². The first-order chi connectivity index (χ1) is 10.2. The fourth-order valence-corrected chi connectivity index (χ4v) is 2.77. The van der Waals surface area contributed by atoms with Crippen LogP contribution in [-0.4, -0.2) is 11.6 Å². The van der Waals surface area contributed by atoms with Crippen LogP contribution >= 0.6 is 11.3 Å². The predicted octanol–water partition coefficient (Wildman–Crippen LogP) is 4.48. The summed E-state index contributed by atoms with van der Waals surface area (Å²) in [6.07, 6.45) is 4.20. The molecule has 0 aliphatic heterocycles. The van der Waals surface area contributed by atoms with Crippen LogP contribution in [0, 0.1) is 6.92 Å². The fourth-order valence-electron chi connectivity index (χ4n) is 1.97. The number of ether oxygens (including phenoxy) is 1. The van der Waals surface area contributed by atoms with Gasteiger partial charge < -0.3 is 10.1 Å². The zero-order valence-corrected chi connectivity index (χ0v) is 13.9. The summed E-state index contributed by atoms with van der Waals surface area (Å²) in [5, 5.41) is 4.65. The molecule has 2 rings (SSSR count). The van der Waals surface area contributed by atoms with E-state index < -0.39 is 0 Å². The molecule has 1 atom stereocenters. The highest BCUT2D eigenvalue weighted by Crippen LogP contribution is 2.19. The fraction of sp³-hybridized carbons (Fsp3) is 0.471. The number of unbranched alkanes of at least 4 members (excludes halogenated alkanes) is 1. The molecule has 0 aliphatic carbocycles. The zero-order chi connectivity index (χ0) is 15.1. The Hall–Kier alpha value is -1.39. The highest BCUT2D eigenvalue weighted by atomic mass is 32.1. The minimum absolute atomic E-state index is 0.282. The molecule has 0 fully saturated rings. The maximum atomic E-state index is 5.67. The van der Waals surface area contributed by atoms with Crippen molar-refractivity contribution in [3.8, 4) is 5.75 Å². The second-order valence-corrected chi connectivity index (χ2v) is 6.52. The van der Waals surface area contributed by atoms with Crippen LogP contribution in [0.4, 0.5) is 0 Å². The Morgan fingerprint density at radius 2 is 2.05 bits per heavy atom. The van der Waals surface area contributed by atoms with Crippen LogP contribution in [-0.2, 0) is 6.54 Å². The van der Waals surface area contributed by atoms with Crippen molar-refractivity contribution < 1.29 is 4.74 Å². The van der Waals surface area contributed by atoms with Crippen molar-refractivity contribution in [1.82, 2.24) is 10.3 Å². The van der Waals surface area contributed by atoms with Crippen LogP contribution in [0.15, 0.2) is 30.5 Å². The first kappa shape index (κ1) is 16.0. The number of aromatic nitrogens is 1. The third-order valence-corrected chi connectivity index (χ3v) is 4.41. The van der Waals surface area contributed by atoms with Crippen LogP contribution in [0.25, 0.3) is 0 Å². The molecule has 21 heavy (non-hydrogen) atoms. The summed E-state index contributed by atoms with van der Waals surface area (Å²) < 4.78 is 5.67. The molecule has 1 aromatic carbocycles. The number of hydrogen-bond acceptors (Lipinski definition) is 4. The van der Waals surface area contributed by atoms with E-state index in [9.17, 15) is 0 Å². The van der Waals surface area contributed by atoms with Gasteiger partial charge in [0, 0.05) is 17.6 Å². The maximum absolute atomic E-state index is 5.67. The lowest BCUT2D eigenvalue weighted by Crippen LogP contribution is -2.17. The molecule has 0 bridgehead atoms. The minimum atomic E-state index is 0.282. The molecule has 2 aromatic rings. The number of nitrogens with zero attached hydrogens (tertiary/aromatic N) is 1. The first-order valence-corrected chi connectivity index (χ1v) is 8.38. The van der Waals surface area contributed by atoms with Gasteiger partial charge in [-0.15, -0.1) is 11.3 Å². The Morgan fingerprint density at radius 3 is 2.67 bits per heavy atom. The van der Waals surface area contributed by atoms with Gasteiger partial charge in [0.15, 0.2) is 0 Å². The van der Waals surface area contributed by atoms with Gasteiger partial charge in [-0.3, -0.25) is 0 Å². The molecule has 1 N–H and O–H groups in total. The quantitative estimate of drug-likeness (QED) is 0.730. The third kappa shape index (κ3) is 5.14. The minimum Gasteiger partial charge on any atom is -0.494 e. The van der Waals surface area contributed by atoms with Crippen LogP contribution in [0.2, 0.25) is 0 Å². The molecule has 0 saturated heterocycles. The van der Waals surface area contributed by atoms with E-state index in [4.69, 9.17) is 4.74 Å². The topological polar surface area (TPSA) is 34.1 Å². The zero-order valence-electron chi connectivity index (χ0n) is 13.1. The summed E-state index contributed by atoms with van der Waals surface area (Å²) in [4.78, 5) is 5.68. The third-order valence-electron chi connectivity index (χ3n) is 3.31. The van der Waals surface area contributed by atoms with Crippen molar-refractivity contribution in [2.75, 3.05) is 6.61 Å². The van der Waals surface area contributed by atoms with Gasteiger partial charge in [-0.05, 0) is 38.0 Å². The highest BCUT2D eigenvalue weighted by molar-refractivity contribution is 7.11. The molecule has 0 radical (unpaired) electrons. The van der Waals surface area contributed by atoms with Gasteiger partial charge in [0.25, 0.3) is 0 Å². The Kier molecular flexibility index (Phi) is 6.21. The lowest BCUT2D eigenvalue weighted by molar-refractivity contribution is 0.309. The second-order valence-electron chi connectivity index (χ2n) is 5.26. The van der Waals surface area contributed by atoms with E-state index in [0.29, 0.717) is 0 Å². The summed E-state index contributed by atoms with van der Waals surface area (Å²) in [7, 11) is 0. The van der Waals surface area contributed by atoms with Gasteiger partial charge in [0.05, 0.1) is 12.6 Å². The molecule has 1 heterocycles. The van der Waals surface area contributed by atoms with Crippen molar-refractivity contribution in [1.29, 1.82) is 0 Å². The van der Waals surface area contributed by atoms with Gasteiger partial charge in [0.2, 0.25) is 0 Å². The number of rotatable bonds is 8. The average Bonchev–Trinajstić information content (AvgIpc) is 2.93. The lowest BCUT2D eigenvalue weighted by atomic mass is 10.2. The van der Waals surface area contributed by atoms with Crippen molar-refractivity contribution >= 4 is 11.3 Å². The lowest BCUT2D eigenvalue weighted by Gasteiger charge is -2.11. The summed E-state index contributed by atoms with van der Waals surface area (Å²) in [6, 6.07) is 8.61. The maximum Gasteiger partial charge on any atom is 0.119 e. The number of nitrogens with one attached hydrogen (secondary N) is 1. The summed E-state index contributed by atoms with van der Waals surface area (Å²) in [5.74, 6) is 0.954. The number of hydrogen-bond donors (Lipinski definition) is 1. The van der Waals surface area contributed by atoms with E-state index in [1.807, 2.05) is 18.3 Å². The first-order valence-electron chi connectivity index (χ1n) is 7.56. The summed E-state index contributed by atoms with van der Waals surface area (Å²) >= 11 is 1.75. The van der Waals surface area contributed by atoms with Gasteiger partial charge >= 0.3 is 0 Å². The molecule has 1 aromatic heterocycles. The van der Waals surface area contributed by atoms with Crippen molar-refractivity contribution in [3.63, 3.8) is 0 Å².